The zero-order chi connectivity index (χ0) is 18.3. The molecule has 0 aromatic carbocycles. The summed E-state index contributed by atoms with van der Waals surface area (Å²) in [7, 11) is 1.39. The van der Waals surface area contributed by atoms with Gasteiger partial charge in [-0.3, -0.25) is 14.4 Å². The number of ether oxygens (including phenoxy) is 5. The van der Waals surface area contributed by atoms with E-state index >= 15 is 0 Å². The van der Waals surface area contributed by atoms with Crippen molar-refractivity contribution in [3.63, 3.8) is 0 Å². The Balaban J connectivity index is 3.18. The van der Waals surface area contributed by atoms with Gasteiger partial charge >= 0.3 is 17.9 Å². The maximum atomic E-state index is 11.9. The molecule has 0 radical (unpaired) electrons. The van der Waals surface area contributed by atoms with Crippen molar-refractivity contribution in [1.82, 2.24) is 0 Å². The van der Waals surface area contributed by atoms with Crippen molar-refractivity contribution < 1.29 is 38.1 Å². The van der Waals surface area contributed by atoms with Gasteiger partial charge in [0, 0.05) is 26.4 Å². The van der Waals surface area contributed by atoms with E-state index < -0.39 is 42.0 Å². The van der Waals surface area contributed by atoms with E-state index in [-0.39, 0.29) is 25.9 Å². The molecule has 0 amide bonds. The summed E-state index contributed by atoms with van der Waals surface area (Å²) < 4.78 is 27.0. The van der Waals surface area contributed by atoms with Crippen molar-refractivity contribution in [1.29, 1.82) is 0 Å². The number of methoxy groups -OCH3 is 1. The highest BCUT2D eigenvalue weighted by atomic mass is 16.7. The summed E-state index contributed by atoms with van der Waals surface area (Å²) in [6.45, 7) is 6.43. The predicted molar refractivity (Wildman–Crippen MR) is 81.9 cm³/mol. The van der Waals surface area contributed by atoms with E-state index in [4.69, 9.17) is 23.7 Å². The summed E-state index contributed by atoms with van der Waals surface area (Å²) in [6.07, 6.45) is -2.51. The van der Waals surface area contributed by atoms with E-state index in [1.807, 2.05) is 0 Å². The highest BCUT2D eigenvalue weighted by molar-refractivity contribution is 5.71. The first-order chi connectivity index (χ1) is 11.3. The SMILES string of the molecule is CCC(=O)O[C@@H]1[C@H](OC)OC[C@@H](OC(=O)CC)C1(C)OC(=O)CC. The maximum Gasteiger partial charge on any atom is 0.306 e. The molecule has 0 N–H and O–H groups in total. The van der Waals surface area contributed by atoms with Gasteiger partial charge in [-0.1, -0.05) is 20.8 Å². The van der Waals surface area contributed by atoms with E-state index in [0.717, 1.165) is 0 Å². The van der Waals surface area contributed by atoms with Crippen LogP contribution < -0.4 is 0 Å². The summed E-state index contributed by atoms with van der Waals surface area (Å²) in [6, 6.07) is 0. The maximum absolute atomic E-state index is 11.9. The van der Waals surface area contributed by atoms with Gasteiger partial charge in [-0.2, -0.15) is 0 Å². The van der Waals surface area contributed by atoms with E-state index in [2.05, 4.69) is 0 Å². The third-order valence-electron chi connectivity index (χ3n) is 3.83. The number of rotatable bonds is 7. The van der Waals surface area contributed by atoms with Crippen LogP contribution in [0, 0.1) is 0 Å². The Hall–Kier alpha value is -1.67. The average Bonchev–Trinajstić information content (AvgIpc) is 2.58. The largest absolute Gasteiger partial charge is 0.455 e. The second-order valence-electron chi connectivity index (χ2n) is 5.54. The topological polar surface area (TPSA) is 97.4 Å². The van der Waals surface area contributed by atoms with Crippen molar-refractivity contribution >= 4 is 17.9 Å². The van der Waals surface area contributed by atoms with Gasteiger partial charge in [0.15, 0.2) is 24.1 Å². The van der Waals surface area contributed by atoms with Crippen molar-refractivity contribution in [2.24, 2.45) is 0 Å². The van der Waals surface area contributed by atoms with Gasteiger partial charge in [-0.05, 0) is 6.92 Å². The summed E-state index contributed by atoms with van der Waals surface area (Å²) >= 11 is 0. The molecule has 1 saturated heterocycles. The van der Waals surface area contributed by atoms with Crippen LogP contribution in [0.5, 0.6) is 0 Å². The highest BCUT2D eigenvalue weighted by Gasteiger charge is 2.57. The van der Waals surface area contributed by atoms with Crippen molar-refractivity contribution in [2.75, 3.05) is 13.7 Å². The molecule has 24 heavy (non-hydrogen) atoms. The van der Waals surface area contributed by atoms with E-state index in [9.17, 15) is 14.4 Å². The third-order valence-corrected chi connectivity index (χ3v) is 3.83. The Labute approximate surface area is 141 Å². The van der Waals surface area contributed by atoms with Crippen LogP contribution in [0.25, 0.3) is 0 Å². The Morgan fingerprint density at radius 2 is 1.54 bits per heavy atom. The molecule has 138 valence electrons. The Bertz CT molecular complexity index is 463. The normalized spacial score (nSPS) is 29.6. The lowest BCUT2D eigenvalue weighted by molar-refractivity contribution is -0.304. The number of carbonyl (C=O) groups excluding carboxylic acids is 3. The van der Waals surface area contributed by atoms with E-state index in [1.54, 1.807) is 27.7 Å². The first-order valence-electron chi connectivity index (χ1n) is 8.07. The van der Waals surface area contributed by atoms with Gasteiger partial charge in [0.1, 0.15) is 0 Å². The second-order valence-corrected chi connectivity index (χ2v) is 5.54. The molecular formula is C16H26O8. The Morgan fingerprint density at radius 3 is 2.04 bits per heavy atom. The zero-order valence-corrected chi connectivity index (χ0v) is 14.8. The van der Waals surface area contributed by atoms with E-state index in [0.29, 0.717) is 0 Å². The smallest absolute Gasteiger partial charge is 0.306 e. The molecule has 4 atom stereocenters. The van der Waals surface area contributed by atoms with Gasteiger partial charge in [0.2, 0.25) is 0 Å². The lowest BCUT2D eigenvalue weighted by Gasteiger charge is -2.47. The van der Waals surface area contributed by atoms with Gasteiger partial charge in [-0.15, -0.1) is 0 Å². The van der Waals surface area contributed by atoms with Gasteiger partial charge < -0.3 is 23.7 Å². The van der Waals surface area contributed by atoms with Crippen molar-refractivity contribution in [3.8, 4) is 0 Å². The van der Waals surface area contributed by atoms with Crippen LogP contribution in [-0.2, 0) is 38.1 Å². The lowest BCUT2D eigenvalue weighted by Crippen LogP contribution is -2.65. The molecule has 0 spiro atoms. The van der Waals surface area contributed by atoms with Gasteiger partial charge in [0.25, 0.3) is 0 Å². The molecule has 1 unspecified atom stereocenters. The zero-order valence-electron chi connectivity index (χ0n) is 14.8. The van der Waals surface area contributed by atoms with Crippen LogP contribution in [0.3, 0.4) is 0 Å². The molecule has 1 aliphatic rings. The number of esters is 3. The molecular weight excluding hydrogens is 320 g/mol. The fraction of sp³-hybridized carbons (Fsp3) is 0.812. The Kier molecular flexibility index (Phi) is 7.62. The van der Waals surface area contributed by atoms with Crippen molar-refractivity contribution in [3.05, 3.63) is 0 Å². The number of hydrogen-bond donors (Lipinski definition) is 0. The molecule has 1 fully saturated rings. The standard InChI is InChI=1S/C16H26O8/c1-6-11(17)22-10-9-21-15(20-5)14(23-12(18)7-2)16(10,4)24-13(19)8-3/h10,14-15H,6-9H2,1-5H3/t10-,14-,15-,16?/m1/s1. The summed E-state index contributed by atoms with van der Waals surface area (Å²) in [5, 5.41) is 0. The number of carbonyl (C=O) groups is 3. The van der Waals surface area contributed by atoms with E-state index in [1.165, 1.54) is 7.11 Å². The molecule has 8 nitrogen and oxygen atoms in total. The quantitative estimate of drug-likeness (QED) is 0.503. The second kappa shape index (κ2) is 8.98. The average molecular weight is 346 g/mol. The third kappa shape index (κ3) is 4.67. The molecule has 8 heteroatoms. The monoisotopic (exact) mass is 346 g/mol. The molecule has 1 heterocycles. The van der Waals surface area contributed by atoms with Crippen LogP contribution in [0.15, 0.2) is 0 Å². The first kappa shape index (κ1) is 20.4. The molecule has 0 aromatic rings. The van der Waals surface area contributed by atoms with Crippen LogP contribution in [0.1, 0.15) is 47.0 Å². The minimum absolute atomic E-state index is 0.0437. The molecule has 0 saturated carbocycles. The first-order valence-corrected chi connectivity index (χ1v) is 8.07. The molecule has 1 rings (SSSR count). The van der Waals surface area contributed by atoms with Crippen LogP contribution in [-0.4, -0.2) is 55.7 Å². The van der Waals surface area contributed by atoms with Gasteiger partial charge in [0.05, 0.1) is 6.61 Å². The van der Waals surface area contributed by atoms with Crippen molar-refractivity contribution in [2.45, 2.75) is 71.1 Å². The molecule has 1 aliphatic heterocycles. The fourth-order valence-electron chi connectivity index (χ4n) is 2.31. The summed E-state index contributed by atoms with van der Waals surface area (Å²) in [5.74, 6) is -1.49. The highest BCUT2D eigenvalue weighted by Crippen LogP contribution is 2.34. The minimum atomic E-state index is -1.42. The molecule has 0 bridgehead atoms. The van der Waals surface area contributed by atoms with Crippen LogP contribution >= 0.6 is 0 Å². The van der Waals surface area contributed by atoms with Crippen LogP contribution in [0.4, 0.5) is 0 Å². The minimum Gasteiger partial charge on any atom is -0.455 e. The lowest BCUT2D eigenvalue weighted by atomic mass is 9.88. The summed E-state index contributed by atoms with van der Waals surface area (Å²) in [4.78, 5) is 35.4. The Morgan fingerprint density at radius 1 is 1.00 bits per heavy atom. The molecule has 0 aliphatic carbocycles. The summed E-state index contributed by atoms with van der Waals surface area (Å²) in [5.41, 5.74) is -1.42. The fourth-order valence-corrected chi connectivity index (χ4v) is 2.31. The van der Waals surface area contributed by atoms with Crippen LogP contribution in [0.2, 0.25) is 0 Å². The van der Waals surface area contributed by atoms with Gasteiger partial charge in [-0.25, -0.2) is 0 Å². The molecule has 0 aromatic heterocycles. The number of hydrogen-bond acceptors (Lipinski definition) is 8. The predicted octanol–water partition coefficient (Wildman–Crippen LogP) is 1.34.